The molecule has 0 saturated heterocycles. The molecular formula is C14H19N3O3. The molecule has 108 valence electrons. The van der Waals surface area contributed by atoms with Crippen LogP contribution in [0.1, 0.15) is 26.3 Å². The van der Waals surface area contributed by atoms with Crippen LogP contribution >= 0.6 is 0 Å². The fraction of sp³-hybridized carbons (Fsp3) is 0.429. The van der Waals surface area contributed by atoms with Gasteiger partial charge in [0.05, 0.1) is 0 Å². The van der Waals surface area contributed by atoms with Gasteiger partial charge in [0.25, 0.3) is 5.91 Å². The average molecular weight is 277 g/mol. The summed E-state index contributed by atoms with van der Waals surface area (Å²) in [5, 5.41) is 5.35. The molecule has 1 aliphatic rings. The number of nitrogen functional groups attached to an aromatic ring is 1. The van der Waals surface area contributed by atoms with Crippen LogP contribution in [0, 0.1) is 0 Å². The summed E-state index contributed by atoms with van der Waals surface area (Å²) in [6.07, 6.45) is -1.20. The van der Waals surface area contributed by atoms with E-state index in [9.17, 15) is 9.59 Å². The first-order valence-corrected chi connectivity index (χ1v) is 6.43. The molecule has 1 aromatic carbocycles. The van der Waals surface area contributed by atoms with Gasteiger partial charge in [0.2, 0.25) is 0 Å². The molecule has 1 heterocycles. The number of nitrogens with two attached hydrogens (primary N) is 1. The lowest BCUT2D eigenvalue weighted by Gasteiger charge is -2.27. The van der Waals surface area contributed by atoms with Gasteiger partial charge in [0, 0.05) is 28.9 Å². The molecule has 2 amide bonds. The van der Waals surface area contributed by atoms with E-state index in [-0.39, 0.29) is 12.3 Å². The monoisotopic (exact) mass is 277 g/mol. The van der Waals surface area contributed by atoms with Crippen LogP contribution in [-0.2, 0) is 16.0 Å². The van der Waals surface area contributed by atoms with E-state index in [1.807, 2.05) is 20.8 Å². The second-order valence-corrected chi connectivity index (χ2v) is 5.84. The van der Waals surface area contributed by atoms with Gasteiger partial charge in [0.15, 0.2) is 6.10 Å². The maximum atomic E-state index is 11.9. The van der Waals surface area contributed by atoms with E-state index in [4.69, 9.17) is 10.5 Å². The van der Waals surface area contributed by atoms with E-state index >= 15 is 0 Å². The van der Waals surface area contributed by atoms with Crippen molar-refractivity contribution in [3.63, 3.8) is 0 Å². The molecule has 0 bridgehead atoms. The molecule has 0 aliphatic carbocycles. The number of fused-ring (bicyclic) bond motifs is 1. The van der Waals surface area contributed by atoms with Gasteiger partial charge >= 0.3 is 6.09 Å². The Hall–Kier alpha value is -2.24. The predicted molar refractivity (Wildman–Crippen MR) is 76.3 cm³/mol. The Labute approximate surface area is 117 Å². The van der Waals surface area contributed by atoms with Crippen LogP contribution in [0.3, 0.4) is 0 Å². The Morgan fingerprint density at radius 2 is 2.15 bits per heavy atom. The van der Waals surface area contributed by atoms with Gasteiger partial charge in [-0.2, -0.15) is 0 Å². The molecule has 2 rings (SSSR count). The van der Waals surface area contributed by atoms with Crippen molar-refractivity contribution >= 4 is 23.4 Å². The molecule has 0 spiro atoms. The number of hydrogen-bond acceptors (Lipinski definition) is 4. The normalized spacial score (nSPS) is 17.9. The van der Waals surface area contributed by atoms with Crippen molar-refractivity contribution in [3.05, 3.63) is 23.8 Å². The van der Waals surface area contributed by atoms with Gasteiger partial charge in [-0.3, -0.25) is 4.79 Å². The fourth-order valence-corrected chi connectivity index (χ4v) is 2.00. The van der Waals surface area contributed by atoms with Crippen LogP contribution in [-0.4, -0.2) is 23.6 Å². The second-order valence-electron chi connectivity index (χ2n) is 5.84. The molecule has 6 heteroatoms. The number of carbonyl (C=O) groups excluding carboxylic acids is 2. The number of nitrogens with one attached hydrogen (secondary N) is 2. The first-order valence-electron chi connectivity index (χ1n) is 6.43. The highest BCUT2D eigenvalue weighted by molar-refractivity contribution is 5.99. The van der Waals surface area contributed by atoms with E-state index in [1.165, 1.54) is 0 Å². The zero-order valence-corrected chi connectivity index (χ0v) is 11.8. The third-order valence-corrected chi connectivity index (χ3v) is 2.88. The van der Waals surface area contributed by atoms with Gasteiger partial charge < -0.3 is 21.1 Å². The minimum atomic E-state index is -0.866. The molecule has 1 aromatic rings. The van der Waals surface area contributed by atoms with Crippen molar-refractivity contribution in [2.45, 2.75) is 38.8 Å². The first-order chi connectivity index (χ1) is 9.26. The molecule has 1 unspecified atom stereocenters. The maximum absolute atomic E-state index is 11.9. The lowest BCUT2D eigenvalue weighted by molar-refractivity contribution is -0.124. The van der Waals surface area contributed by atoms with Crippen LogP contribution in [0.4, 0.5) is 16.2 Å². The first kappa shape index (κ1) is 14.2. The summed E-state index contributed by atoms with van der Waals surface area (Å²) in [5.41, 5.74) is 7.50. The predicted octanol–water partition coefficient (Wildman–Crippen LogP) is 1.66. The van der Waals surface area contributed by atoms with Crippen LogP contribution in [0.2, 0.25) is 0 Å². The second kappa shape index (κ2) is 5.03. The van der Waals surface area contributed by atoms with Crippen molar-refractivity contribution in [1.29, 1.82) is 0 Å². The Kier molecular flexibility index (Phi) is 3.57. The minimum Gasteiger partial charge on any atom is -0.436 e. The number of anilines is 2. The van der Waals surface area contributed by atoms with Crippen LogP contribution in [0.5, 0.6) is 0 Å². The van der Waals surface area contributed by atoms with Gasteiger partial charge in [-0.25, -0.2) is 4.79 Å². The van der Waals surface area contributed by atoms with E-state index in [2.05, 4.69) is 10.6 Å². The number of ether oxygens (including phenoxy) is 1. The van der Waals surface area contributed by atoms with Crippen LogP contribution in [0.15, 0.2) is 18.2 Å². The number of hydrogen-bond donors (Lipinski definition) is 3. The summed E-state index contributed by atoms with van der Waals surface area (Å²) in [4.78, 5) is 23.6. The van der Waals surface area contributed by atoms with E-state index < -0.39 is 17.7 Å². The zero-order valence-electron chi connectivity index (χ0n) is 11.8. The maximum Gasteiger partial charge on any atom is 0.408 e. The molecule has 1 atom stereocenters. The van der Waals surface area contributed by atoms with Gasteiger partial charge in [-0.1, -0.05) is 6.07 Å². The summed E-state index contributed by atoms with van der Waals surface area (Å²) in [6.45, 7) is 5.51. The van der Waals surface area contributed by atoms with Crippen molar-refractivity contribution in [2.24, 2.45) is 0 Å². The summed E-state index contributed by atoms with van der Waals surface area (Å²) >= 11 is 0. The van der Waals surface area contributed by atoms with Gasteiger partial charge in [0.1, 0.15) is 0 Å². The molecule has 0 aromatic heterocycles. The molecule has 6 nitrogen and oxygen atoms in total. The highest BCUT2D eigenvalue weighted by Crippen LogP contribution is 2.28. The van der Waals surface area contributed by atoms with Gasteiger partial charge in [-0.15, -0.1) is 0 Å². The molecular weight excluding hydrogens is 258 g/mol. The van der Waals surface area contributed by atoms with Crippen molar-refractivity contribution in [3.8, 4) is 0 Å². The molecule has 4 N–H and O–H groups in total. The molecule has 0 radical (unpaired) electrons. The Morgan fingerprint density at radius 1 is 1.45 bits per heavy atom. The summed E-state index contributed by atoms with van der Waals surface area (Å²) in [7, 11) is 0. The van der Waals surface area contributed by atoms with E-state index in [1.54, 1.807) is 18.2 Å². The standard InChI is InChI=1S/C14H19N3O3/c1-14(2,3)17-13(19)20-11-7-8-9(15)5-4-6-10(8)16-12(11)18/h4-6,11H,7,15H2,1-3H3,(H,16,18)(H,17,19). The highest BCUT2D eigenvalue weighted by atomic mass is 16.6. The Morgan fingerprint density at radius 3 is 2.80 bits per heavy atom. The van der Waals surface area contributed by atoms with Crippen molar-refractivity contribution in [1.82, 2.24) is 5.32 Å². The summed E-state index contributed by atoms with van der Waals surface area (Å²) in [6, 6.07) is 5.29. The number of rotatable bonds is 1. The third-order valence-electron chi connectivity index (χ3n) is 2.88. The fourth-order valence-electron chi connectivity index (χ4n) is 2.00. The summed E-state index contributed by atoms with van der Waals surface area (Å²) in [5.74, 6) is -0.341. The summed E-state index contributed by atoms with van der Waals surface area (Å²) < 4.78 is 5.17. The quantitative estimate of drug-likeness (QED) is 0.680. The molecule has 0 saturated carbocycles. The Balaban J connectivity index is 2.10. The topological polar surface area (TPSA) is 93.4 Å². The minimum absolute atomic E-state index is 0.283. The van der Waals surface area contributed by atoms with E-state index in [0.717, 1.165) is 5.56 Å². The van der Waals surface area contributed by atoms with Crippen LogP contribution < -0.4 is 16.4 Å². The third kappa shape index (κ3) is 3.20. The molecule has 0 fully saturated rings. The van der Waals surface area contributed by atoms with Gasteiger partial charge in [-0.05, 0) is 32.9 Å². The number of amides is 2. The largest absolute Gasteiger partial charge is 0.436 e. The highest BCUT2D eigenvalue weighted by Gasteiger charge is 2.31. The molecule has 20 heavy (non-hydrogen) atoms. The zero-order chi connectivity index (χ0) is 14.9. The Bertz CT molecular complexity index is 549. The van der Waals surface area contributed by atoms with Crippen molar-refractivity contribution < 1.29 is 14.3 Å². The lowest BCUT2D eigenvalue weighted by atomic mass is 9.99. The van der Waals surface area contributed by atoms with Crippen molar-refractivity contribution in [2.75, 3.05) is 11.1 Å². The van der Waals surface area contributed by atoms with E-state index in [0.29, 0.717) is 11.4 Å². The number of alkyl carbamates (subject to hydrolysis) is 1. The molecule has 1 aliphatic heterocycles. The smallest absolute Gasteiger partial charge is 0.408 e. The SMILES string of the molecule is CC(C)(C)NC(=O)OC1Cc2c(N)cccc2NC1=O. The average Bonchev–Trinajstić information content (AvgIpc) is 2.29. The number of benzene rings is 1. The lowest BCUT2D eigenvalue weighted by Crippen LogP contribution is -2.46. The number of carbonyl (C=O) groups is 2. The van der Waals surface area contributed by atoms with Crippen LogP contribution in [0.25, 0.3) is 0 Å².